The number of hydrogen-bond acceptors (Lipinski definition) is 0. The van der Waals surface area contributed by atoms with Crippen LogP contribution in [0.15, 0.2) is 11.6 Å². The average Bonchev–Trinajstić information content (AvgIpc) is 2.78. The molecular formula is C11H8CrFO5P. The fourth-order valence-electron chi connectivity index (χ4n) is 0.611. The van der Waals surface area contributed by atoms with Gasteiger partial charge >= 0.3 is 56.5 Å². The largest absolute Gasteiger partial charge is 0 e. The van der Waals surface area contributed by atoms with E-state index in [0.29, 0.717) is 0 Å². The van der Waals surface area contributed by atoms with Gasteiger partial charge in [-0.05, 0) is 36.6 Å². The molecule has 0 N–H and O–H groups in total. The molecule has 19 heavy (non-hydrogen) atoms. The maximum atomic E-state index is 12.3. The predicted molar refractivity (Wildman–Crippen MR) is 54.8 cm³/mol. The summed E-state index contributed by atoms with van der Waals surface area (Å²) in [6, 6.07) is 0. The quantitative estimate of drug-likeness (QED) is 0.518. The third-order valence-electron chi connectivity index (χ3n) is 1.26. The van der Waals surface area contributed by atoms with Crippen LogP contribution in [0, 0.1) is 47.1 Å². The first-order chi connectivity index (χ1) is 8.70. The van der Waals surface area contributed by atoms with Gasteiger partial charge in [0.1, 0.15) is 0 Å². The standard InChI is InChI=1S/C6H8FP.5CO.Cr/c1-5-3-8(7)4-6(5)2;5*1-2;/h3-4H,1-2H3;;;;;;. The van der Waals surface area contributed by atoms with Gasteiger partial charge in [-0.25, -0.2) is 0 Å². The zero-order valence-corrected chi connectivity index (χ0v) is 12.1. The maximum absolute atomic E-state index is 12.3. The molecule has 1 aromatic heterocycles. The minimum absolute atomic E-state index is 0. The SMILES string of the molecule is Cc1cp(F)cc1C.[C-]#[O+].[C-]#[O+].[C-]#[O+].[C-]#[O+].[C-]#[O+].[Cr]. The third kappa shape index (κ3) is 31.6. The molecule has 1 rings (SSSR count). The Kier molecular flexibility index (Phi) is 82.8. The molecule has 0 aliphatic heterocycles. The molecule has 0 unspecified atom stereocenters. The van der Waals surface area contributed by atoms with Gasteiger partial charge in [-0.3, -0.25) is 0 Å². The number of halogens is 1. The van der Waals surface area contributed by atoms with Crippen molar-refractivity contribution >= 4 is 7.84 Å². The van der Waals surface area contributed by atoms with Gasteiger partial charge < -0.3 is 0 Å². The molecule has 5 nitrogen and oxygen atoms in total. The molecule has 0 bridgehead atoms. The van der Waals surface area contributed by atoms with E-state index in [2.05, 4.69) is 33.3 Å². The van der Waals surface area contributed by atoms with Gasteiger partial charge in [-0.15, -0.1) is 0 Å². The van der Waals surface area contributed by atoms with Gasteiger partial charge in [0.15, 0.2) is 0 Å². The van der Waals surface area contributed by atoms with E-state index in [1.807, 2.05) is 13.8 Å². The normalized spacial score (nSPS) is 4.68. The van der Waals surface area contributed by atoms with Crippen molar-refractivity contribution < 1.29 is 44.8 Å². The Morgan fingerprint density at radius 3 is 0.947 bits per heavy atom. The van der Waals surface area contributed by atoms with Crippen LogP contribution in [-0.4, -0.2) is 0 Å². The fourth-order valence-corrected chi connectivity index (χ4v) is 1.83. The molecule has 1 aromatic rings. The van der Waals surface area contributed by atoms with Gasteiger partial charge in [0.05, 0.1) is 7.84 Å². The molecule has 0 amide bonds. The fraction of sp³-hybridized carbons (Fsp3) is 0.182. The minimum Gasteiger partial charge on any atom is 0 e. The zero-order chi connectivity index (χ0) is 16.1. The summed E-state index contributed by atoms with van der Waals surface area (Å²) in [5.41, 5.74) is 2.19. The van der Waals surface area contributed by atoms with Crippen molar-refractivity contribution in [2.24, 2.45) is 0 Å². The molecule has 0 saturated heterocycles. The Balaban J connectivity index is -0.0000000332. The second kappa shape index (κ2) is 43.6. The summed E-state index contributed by atoms with van der Waals surface area (Å²) >= 11 is 0. The summed E-state index contributed by atoms with van der Waals surface area (Å²) in [7, 11) is -1.37. The van der Waals surface area contributed by atoms with Crippen LogP contribution in [0.5, 0.6) is 0 Å². The van der Waals surface area contributed by atoms with Gasteiger partial charge in [0.2, 0.25) is 0 Å². The van der Waals surface area contributed by atoms with Gasteiger partial charge in [-0.1, -0.05) is 0 Å². The van der Waals surface area contributed by atoms with Crippen LogP contribution < -0.4 is 0 Å². The summed E-state index contributed by atoms with van der Waals surface area (Å²) in [6.07, 6.45) is 0. The maximum Gasteiger partial charge on any atom is 0 e. The first-order valence-electron chi connectivity index (χ1n) is 3.53. The monoisotopic (exact) mass is 322 g/mol. The Labute approximate surface area is 123 Å². The smallest absolute Gasteiger partial charge is 0 e. The van der Waals surface area contributed by atoms with E-state index >= 15 is 0 Å². The van der Waals surface area contributed by atoms with Crippen LogP contribution in [0.3, 0.4) is 0 Å². The van der Waals surface area contributed by atoms with Crippen LogP contribution >= 0.6 is 7.84 Å². The van der Waals surface area contributed by atoms with Crippen molar-refractivity contribution in [2.45, 2.75) is 13.8 Å². The first kappa shape index (κ1) is 36.1. The van der Waals surface area contributed by atoms with Crippen LogP contribution in [-0.2, 0) is 40.6 Å². The number of aryl methyl sites for hydroxylation is 2. The average molecular weight is 322 g/mol. The molecule has 0 aromatic carbocycles. The van der Waals surface area contributed by atoms with E-state index in [1.54, 1.807) is 11.6 Å². The predicted octanol–water partition coefficient (Wildman–Crippen LogP) is 2.83. The molecule has 0 radical (unpaired) electrons. The number of hydrogen-bond donors (Lipinski definition) is 0. The Bertz CT molecular complexity index is 324. The van der Waals surface area contributed by atoms with Crippen molar-refractivity contribution in [1.82, 2.24) is 0 Å². The summed E-state index contributed by atoms with van der Waals surface area (Å²) < 4.78 is 49.8. The molecule has 100 valence electrons. The van der Waals surface area contributed by atoms with Crippen molar-refractivity contribution in [1.29, 1.82) is 0 Å². The molecule has 1 heterocycles. The topological polar surface area (TPSA) is 99.5 Å². The molecule has 0 fully saturated rings. The van der Waals surface area contributed by atoms with E-state index in [1.165, 1.54) is 0 Å². The minimum atomic E-state index is -1.37. The van der Waals surface area contributed by atoms with Crippen molar-refractivity contribution in [2.75, 3.05) is 0 Å². The van der Waals surface area contributed by atoms with Crippen molar-refractivity contribution in [3.05, 3.63) is 56.0 Å². The van der Waals surface area contributed by atoms with Crippen LogP contribution in [0.1, 0.15) is 11.1 Å². The second-order valence-corrected chi connectivity index (χ2v) is 3.17. The molecule has 0 aliphatic rings. The van der Waals surface area contributed by atoms with Gasteiger partial charge in [-0.2, -0.15) is 4.20 Å². The molecule has 0 spiro atoms. The molecule has 0 atom stereocenters. The summed E-state index contributed by atoms with van der Waals surface area (Å²) in [6.45, 7) is 26.4. The summed E-state index contributed by atoms with van der Waals surface area (Å²) in [5, 5.41) is 0. The van der Waals surface area contributed by atoms with E-state index in [-0.39, 0.29) is 17.4 Å². The van der Waals surface area contributed by atoms with Gasteiger partial charge in [0, 0.05) is 17.4 Å². The first-order valence-corrected chi connectivity index (χ1v) is 4.90. The molecule has 8 heteroatoms. The van der Waals surface area contributed by atoms with Crippen molar-refractivity contribution in [3.8, 4) is 0 Å². The Morgan fingerprint density at radius 2 is 0.895 bits per heavy atom. The number of rotatable bonds is 0. The zero-order valence-electron chi connectivity index (χ0n) is 9.93. The molecule has 0 saturated carbocycles. The van der Waals surface area contributed by atoms with E-state index < -0.39 is 7.84 Å². The Morgan fingerprint density at radius 1 is 0.737 bits per heavy atom. The van der Waals surface area contributed by atoms with E-state index in [0.717, 1.165) is 11.1 Å². The molecular weight excluding hydrogens is 314 g/mol. The Hall–Kier alpha value is -1.06. The van der Waals surface area contributed by atoms with Crippen LogP contribution in [0.4, 0.5) is 4.20 Å². The summed E-state index contributed by atoms with van der Waals surface area (Å²) in [4.78, 5) is 0. The third-order valence-corrected chi connectivity index (χ3v) is 2.52. The van der Waals surface area contributed by atoms with Crippen LogP contribution in [0.25, 0.3) is 0 Å². The second-order valence-electron chi connectivity index (χ2n) is 1.97. The summed E-state index contributed by atoms with van der Waals surface area (Å²) in [5.74, 6) is 3.37. The van der Waals surface area contributed by atoms with Crippen molar-refractivity contribution in [3.63, 3.8) is 0 Å². The van der Waals surface area contributed by atoms with Crippen LogP contribution in [0.2, 0.25) is 0 Å². The van der Waals surface area contributed by atoms with E-state index in [4.69, 9.17) is 23.3 Å². The molecule has 0 aliphatic carbocycles. The van der Waals surface area contributed by atoms with Gasteiger partial charge in [0.25, 0.3) is 0 Å². The van der Waals surface area contributed by atoms with E-state index in [9.17, 15) is 4.20 Å².